The van der Waals surface area contributed by atoms with E-state index in [0.717, 1.165) is 5.56 Å². The molecule has 0 fully saturated rings. The van der Waals surface area contributed by atoms with Gasteiger partial charge in [-0.1, -0.05) is 23.8 Å². The van der Waals surface area contributed by atoms with Gasteiger partial charge in [-0.25, -0.2) is 5.01 Å². The number of benzene rings is 1. The Hall–Kier alpha value is -2.05. The second-order valence-corrected chi connectivity index (χ2v) is 4.24. The van der Waals surface area contributed by atoms with Gasteiger partial charge in [-0.3, -0.25) is 15.2 Å². The van der Waals surface area contributed by atoms with Crippen molar-refractivity contribution in [3.05, 3.63) is 35.4 Å². The molecule has 7 heteroatoms. The molecule has 0 aliphatic carbocycles. The SMILES string of the molecule is Cc1cccc(C2=NCC(=O)N(CC(F)(F)F)N2)c1. The Morgan fingerprint density at radius 1 is 1.42 bits per heavy atom. The molecule has 102 valence electrons. The number of nitrogens with zero attached hydrogens (tertiary/aromatic N) is 2. The molecule has 1 aliphatic rings. The average Bonchev–Trinajstić information content (AvgIpc) is 2.30. The summed E-state index contributed by atoms with van der Waals surface area (Å²) in [6.45, 7) is 0.245. The van der Waals surface area contributed by atoms with E-state index in [0.29, 0.717) is 10.6 Å². The van der Waals surface area contributed by atoms with Gasteiger partial charge in [0, 0.05) is 5.56 Å². The van der Waals surface area contributed by atoms with Gasteiger partial charge in [0.25, 0.3) is 5.91 Å². The molecule has 0 spiro atoms. The Labute approximate surface area is 107 Å². The van der Waals surface area contributed by atoms with Gasteiger partial charge in [-0.05, 0) is 13.0 Å². The maximum Gasteiger partial charge on any atom is 0.408 e. The number of halogens is 3. The minimum absolute atomic E-state index is 0.271. The highest BCUT2D eigenvalue weighted by Gasteiger charge is 2.35. The highest BCUT2D eigenvalue weighted by molar-refractivity contribution is 6.02. The van der Waals surface area contributed by atoms with Gasteiger partial charge in [0.1, 0.15) is 18.9 Å². The molecular formula is C12H12F3N3O. The van der Waals surface area contributed by atoms with Gasteiger partial charge >= 0.3 is 6.18 Å². The first-order chi connectivity index (χ1) is 8.85. The number of alkyl halides is 3. The third kappa shape index (κ3) is 3.46. The van der Waals surface area contributed by atoms with Crippen LogP contribution in [0.5, 0.6) is 0 Å². The molecule has 0 saturated carbocycles. The number of carbonyl (C=O) groups excluding carboxylic acids is 1. The Kier molecular flexibility index (Phi) is 3.46. The first-order valence-electron chi connectivity index (χ1n) is 5.60. The predicted octanol–water partition coefficient (Wildman–Crippen LogP) is 1.65. The van der Waals surface area contributed by atoms with Crippen molar-refractivity contribution >= 4 is 11.7 Å². The number of hydrogen-bond acceptors (Lipinski definition) is 3. The number of amidine groups is 1. The van der Waals surface area contributed by atoms with E-state index in [1.165, 1.54) is 0 Å². The molecule has 0 saturated heterocycles. The minimum Gasteiger partial charge on any atom is -0.279 e. The normalized spacial score (nSPS) is 16.1. The van der Waals surface area contributed by atoms with Gasteiger partial charge in [0.2, 0.25) is 0 Å². The lowest BCUT2D eigenvalue weighted by molar-refractivity contribution is -0.164. The highest BCUT2D eigenvalue weighted by atomic mass is 19.4. The molecule has 0 aromatic heterocycles. The number of aryl methyl sites for hydroxylation is 1. The third-order valence-electron chi connectivity index (χ3n) is 2.54. The summed E-state index contributed by atoms with van der Waals surface area (Å²) in [5.41, 5.74) is 4.03. The lowest BCUT2D eigenvalue weighted by Gasteiger charge is -2.29. The Morgan fingerprint density at radius 2 is 2.16 bits per heavy atom. The molecule has 1 aromatic rings. The van der Waals surface area contributed by atoms with Crippen LogP contribution in [0.2, 0.25) is 0 Å². The fourth-order valence-corrected chi connectivity index (χ4v) is 1.71. The van der Waals surface area contributed by atoms with Crippen LogP contribution >= 0.6 is 0 Å². The van der Waals surface area contributed by atoms with Crippen molar-refractivity contribution in [2.75, 3.05) is 13.1 Å². The van der Waals surface area contributed by atoms with Gasteiger partial charge in [0.05, 0.1) is 0 Å². The monoisotopic (exact) mass is 271 g/mol. The Bertz CT molecular complexity index is 525. The number of aliphatic imine (C=N–C) groups is 1. The van der Waals surface area contributed by atoms with Crippen molar-refractivity contribution in [1.29, 1.82) is 0 Å². The largest absolute Gasteiger partial charge is 0.408 e. The van der Waals surface area contributed by atoms with Crippen molar-refractivity contribution in [2.45, 2.75) is 13.1 Å². The summed E-state index contributed by atoms with van der Waals surface area (Å²) in [5, 5.41) is 0.546. The van der Waals surface area contributed by atoms with E-state index < -0.39 is 18.6 Å². The van der Waals surface area contributed by atoms with Crippen LogP contribution in [-0.4, -0.2) is 36.0 Å². The smallest absolute Gasteiger partial charge is 0.279 e. The van der Waals surface area contributed by atoms with E-state index in [1.54, 1.807) is 18.2 Å². The van der Waals surface area contributed by atoms with E-state index in [4.69, 9.17) is 0 Å². The fraction of sp³-hybridized carbons (Fsp3) is 0.333. The molecule has 19 heavy (non-hydrogen) atoms. The summed E-state index contributed by atoms with van der Waals surface area (Å²) in [7, 11) is 0. The first kappa shape index (κ1) is 13.4. The van der Waals surface area contributed by atoms with Crippen LogP contribution in [-0.2, 0) is 4.79 Å². The molecule has 0 radical (unpaired) electrons. The van der Waals surface area contributed by atoms with E-state index in [1.807, 2.05) is 13.0 Å². The van der Waals surface area contributed by atoms with Crippen LogP contribution in [0.25, 0.3) is 0 Å². The summed E-state index contributed by atoms with van der Waals surface area (Å²) < 4.78 is 37.0. The highest BCUT2D eigenvalue weighted by Crippen LogP contribution is 2.17. The van der Waals surface area contributed by atoms with Crippen molar-refractivity contribution in [3.63, 3.8) is 0 Å². The molecule has 1 N–H and O–H groups in total. The lowest BCUT2D eigenvalue weighted by Crippen LogP contribution is -2.54. The summed E-state index contributed by atoms with van der Waals surface area (Å²) >= 11 is 0. The molecule has 1 heterocycles. The number of nitrogens with one attached hydrogen (secondary N) is 1. The second kappa shape index (κ2) is 4.91. The quantitative estimate of drug-likeness (QED) is 0.889. The summed E-state index contributed by atoms with van der Waals surface area (Å²) in [6, 6.07) is 7.15. The van der Waals surface area contributed by atoms with Gasteiger partial charge in [-0.15, -0.1) is 0 Å². The van der Waals surface area contributed by atoms with Gasteiger partial charge in [0.15, 0.2) is 0 Å². The number of hydrazine groups is 1. The zero-order valence-corrected chi connectivity index (χ0v) is 10.2. The van der Waals surface area contributed by atoms with Crippen molar-refractivity contribution in [1.82, 2.24) is 10.4 Å². The van der Waals surface area contributed by atoms with Crippen LogP contribution in [0.3, 0.4) is 0 Å². The van der Waals surface area contributed by atoms with Gasteiger partial charge < -0.3 is 0 Å². The average molecular weight is 271 g/mol. The number of rotatable bonds is 2. The number of hydrogen-bond donors (Lipinski definition) is 1. The van der Waals surface area contributed by atoms with Crippen molar-refractivity contribution < 1.29 is 18.0 Å². The molecule has 2 rings (SSSR count). The van der Waals surface area contributed by atoms with Crippen molar-refractivity contribution in [3.8, 4) is 0 Å². The number of carbonyl (C=O) groups is 1. The topological polar surface area (TPSA) is 44.7 Å². The van der Waals surface area contributed by atoms with E-state index in [2.05, 4.69) is 10.4 Å². The van der Waals surface area contributed by atoms with E-state index >= 15 is 0 Å². The van der Waals surface area contributed by atoms with Crippen LogP contribution in [0.1, 0.15) is 11.1 Å². The molecule has 1 amide bonds. The number of amides is 1. The maximum absolute atomic E-state index is 12.3. The fourth-order valence-electron chi connectivity index (χ4n) is 1.71. The summed E-state index contributed by atoms with van der Waals surface area (Å²) in [4.78, 5) is 15.3. The van der Waals surface area contributed by atoms with E-state index in [9.17, 15) is 18.0 Å². The lowest BCUT2D eigenvalue weighted by atomic mass is 10.1. The molecule has 4 nitrogen and oxygen atoms in total. The summed E-state index contributed by atoms with van der Waals surface area (Å²) in [5.74, 6) is -0.429. The standard InChI is InChI=1S/C12H12F3N3O/c1-8-3-2-4-9(5-8)11-16-6-10(19)18(17-11)7-12(13,14)15/h2-5H,6-7H2,1H3,(H,16,17). The van der Waals surface area contributed by atoms with E-state index in [-0.39, 0.29) is 12.4 Å². The zero-order valence-electron chi connectivity index (χ0n) is 10.2. The molecule has 0 bridgehead atoms. The Morgan fingerprint density at radius 3 is 2.79 bits per heavy atom. The summed E-state index contributed by atoms with van der Waals surface area (Å²) in [6.07, 6.45) is -4.45. The molecular weight excluding hydrogens is 259 g/mol. The zero-order chi connectivity index (χ0) is 14.0. The van der Waals surface area contributed by atoms with Crippen LogP contribution in [0.15, 0.2) is 29.3 Å². The predicted molar refractivity (Wildman–Crippen MR) is 63.5 cm³/mol. The maximum atomic E-state index is 12.3. The van der Waals surface area contributed by atoms with Crippen LogP contribution < -0.4 is 5.43 Å². The van der Waals surface area contributed by atoms with Crippen molar-refractivity contribution in [2.24, 2.45) is 4.99 Å². The van der Waals surface area contributed by atoms with Crippen LogP contribution in [0, 0.1) is 6.92 Å². The molecule has 0 atom stereocenters. The van der Waals surface area contributed by atoms with Crippen LogP contribution in [0.4, 0.5) is 13.2 Å². The molecule has 1 aromatic carbocycles. The minimum atomic E-state index is -4.45. The second-order valence-electron chi connectivity index (χ2n) is 4.24. The first-order valence-corrected chi connectivity index (χ1v) is 5.60. The molecule has 1 aliphatic heterocycles. The Balaban J connectivity index is 2.18. The molecule has 0 unspecified atom stereocenters. The van der Waals surface area contributed by atoms with Gasteiger partial charge in [-0.2, -0.15) is 13.2 Å². The third-order valence-corrected chi connectivity index (χ3v) is 2.54.